The lowest BCUT2D eigenvalue weighted by atomic mass is 10.2. The molecule has 0 aliphatic rings. The van der Waals surface area contributed by atoms with Crippen LogP contribution in [0.1, 0.15) is 10.5 Å². The van der Waals surface area contributed by atoms with Crippen molar-refractivity contribution in [2.45, 2.75) is 0 Å². The minimum absolute atomic E-state index is 0.0865. The lowest BCUT2D eigenvalue weighted by Gasteiger charge is -2.13. The Hall–Kier alpha value is -3.79. The van der Waals surface area contributed by atoms with Gasteiger partial charge < -0.3 is 4.74 Å². The van der Waals surface area contributed by atoms with Gasteiger partial charge in [0.15, 0.2) is 5.69 Å². The van der Waals surface area contributed by atoms with Gasteiger partial charge in [0, 0.05) is 7.05 Å². The SMILES string of the molecule is COc1ccc(-n2c(=O)c(C(=O)Nc3nnnn3C)nc3ccccc32)cc1Cl. The summed E-state index contributed by atoms with van der Waals surface area (Å²) in [5.74, 6) is -0.176. The molecule has 2 heterocycles. The first-order valence-corrected chi connectivity index (χ1v) is 8.77. The molecule has 1 amide bonds. The zero-order valence-corrected chi connectivity index (χ0v) is 16.1. The number of aryl methyl sites for hydroxylation is 1. The molecule has 11 heteroatoms. The van der Waals surface area contributed by atoms with Crippen molar-refractivity contribution in [1.29, 1.82) is 0 Å². The lowest BCUT2D eigenvalue weighted by molar-refractivity contribution is 0.101. The summed E-state index contributed by atoms with van der Waals surface area (Å²) in [4.78, 5) is 30.2. The first-order chi connectivity index (χ1) is 14.0. The van der Waals surface area contributed by atoms with Gasteiger partial charge in [0.1, 0.15) is 5.75 Å². The van der Waals surface area contributed by atoms with Crippen molar-refractivity contribution >= 4 is 34.5 Å². The van der Waals surface area contributed by atoms with Gasteiger partial charge in [-0.3, -0.25) is 19.5 Å². The molecular weight excluding hydrogens is 398 g/mol. The minimum atomic E-state index is -0.730. The molecule has 0 radical (unpaired) electrons. The molecule has 0 unspecified atom stereocenters. The number of nitrogens with one attached hydrogen (secondary N) is 1. The molecule has 0 aliphatic carbocycles. The normalized spacial score (nSPS) is 10.9. The van der Waals surface area contributed by atoms with Crippen molar-refractivity contribution in [3.8, 4) is 11.4 Å². The van der Waals surface area contributed by atoms with E-state index in [1.807, 2.05) is 0 Å². The van der Waals surface area contributed by atoms with Gasteiger partial charge in [0.2, 0.25) is 5.95 Å². The van der Waals surface area contributed by atoms with Crippen molar-refractivity contribution < 1.29 is 9.53 Å². The molecule has 0 bridgehead atoms. The van der Waals surface area contributed by atoms with Crippen molar-refractivity contribution in [3.63, 3.8) is 0 Å². The van der Waals surface area contributed by atoms with E-state index in [4.69, 9.17) is 16.3 Å². The van der Waals surface area contributed by atoms with Crippen LogP contribution >= 0.6 is 11.6 Å². The van der Waals surface area contributed by atoms with Crippen molar-refractivity contribution in [2.75, 3.05) is 12.4 Å². The van der Waals surface area contributed by atoms with E-state index < -0.39 is 11.5 Å². The number of carbonyl (C=O) groups is 1. The molecule has 4 rings (SSSR count). The number of nitrogens with zero attached hydrogens (tertiary/aromatic N) is 6. The smallest absolute Gasteiger partial charge is 0.287 e. The van der Waals surface area contributed by atoms with Crippen LogP contribution in [-0.4, -0.2) is 42.8 Å². The van der Waals surface area contributed by atoms with E-state index in [-0.39, 0.29) is 11.6 Å². The fraction of sp³-hybridized carbons (Fsp3) is 0.111. The first kappa shape index (κ1) is 18.6. The Kier molecular flexibility index (Phi) is 4.69. The largest absolute Gasteiger partial charge is 0.495 e. The van der Waals surface area contributed by atoms with Gasteiger partial charge in [-0.15, -0.1) is 0 Å². The quantitative estimate of drug-likeness (QED) is 0.544. The molecule has 0 fully saturated rings. The monoisotopic (exact) mass is 411 g/mol. The number of halogens is 1. The number of aromatic nitrogens is 6. The van der Waals surface area contributed by atoms with Gasteiger partial charge in [0.05, 0.1) is 28.9 Å². The van der Waals surface area contributed by atoms with Crippen molar-refractivity contribution in [2.24, 2.45) is 7.05 Å². The van der Waals surface area contributed by atoms with E-state index in [1.54, 1.807) is 49.5 Å². The number of methoxy groups -OCH3 is 1. The summed E-state index contributed by atoms with van der Waals surface area (Å²) in [5, 5.41) is 13.6. The van der Waals surface area contributed by atoms with Gasteiger partial charge in [0.25, 0.3) is 11.5 Å². The van der Waals surface area contributed by atoms with Gasteiger partial charge in [-0.05, 0) is 40.8 Å². The maximum atomic E-state index is 13.2. The van der Waals surface area contributed by atoms with Crippen LogP contribution in [0.3, 0.4) is 0 Å². The van der Waals surface area contributed by atoms with Crippen LogP contribution in [0.4, 0.5) is 5.95 Å². The highest BCUT2D eigenvalue weighted by molar-refractivity contribution is 6.32. The predicted octanol–water partition coefficient (Wildman–Crippen LogP) is 1.82. The maximum absolute atomic E-state index is 13.2. The number of amides is 1. The van der Waals surface area contributed by atoms with Gasteiger partial charge in [-0.1, -0.05) is 28.8 Å². The van der Waals surface area contributed by atoms with Gasteiger partial charge in [-0.2, -0.15) is 0 Å². The Bertz CT molecular complexity index is 1300. The fourth-order valence-corrected chi connectivity index (χ4v) is 3.08. The topological polar surface area (TPSA) is 117 Å². The highest BCUT2D eigenvalue weighted by Gasteiger charge is 2.20. The van der Waals surface area contributed by atoms with E-state index in [1.165, 1.54) is 16.4 Å². The number of hydrogen-bond acceptors (Lipinski definition) is 7. The second-order valence-corrected chi connectivity index (χ2v) is 6.40. The van der Waals surface area contributed by atoms with E-state index in [0.29, 0.717) is 27.5 Å². The van der Waals surface area contributed by atoms with E-state index >= 15 is 0 Å². The molecule has 0 spiro atoms. The summed E-state index contributed by atoms with van der Waals surface area (Å²) in [7, 11) is 3.06. The zero-order chi connectivity index (χ0) is 20.5. The van der Waals surface area contributed by atoms with Crippen LogP contribution < -0.4 is 15.6 Å². The second-order valence-electron chi connectivity index (χ2n) is 5.99. The van der Waals surface area contributed by atoms with E-state index in [0.717, 1.165) is 0 Å². The molecule has 4 aromatic rings. The maximum Gasteiger partial charge on any atom is 0.287 e. The molecule has 0 saturated heterocycles. The zero-order valence-electron chi connectivity index (χ0n) is 15.3. The molecule has 1 N–H and O–H groups in total. The molecular formula is C18H14ClN7O3. The third kappa shape index (κ3) is 3.29. The number of hydrogen-bond donors (Lipinski definition) is 1. The van der Waals surface area contributed by atoms with Gasteiger partial charge in [-0.25, -0.2) is 9.67 Å². The molecule has 10 nitrogen and oxygen atoms in total. The van der Waals surface area contributed by atoms with Crippen LogP contribution in [0.2, 0.25) is 5.02 Å². The average molecular weight is 412 g/mol. The third-order valence-electron chi connectivity index (χ3n) is 4.21. The minimum Gasteiger partial charge on any atom is -0.495 e. The average Bonchev–Trinajstić information content (AvgIpc) is 3.11. The summed E-state index contributed by atoms with van der Waals surface area (Å²) in [5.41, 5.74) is 0.529. The van der Waals surface area contributed by atoms with Crippen LogP contribution in [0, 0.1) is 0 Å². The summed E-state index contributed by atoms with van der Waals surface area (Å²) in [6.45, 7) is 0. The van der Waals surface area contributed by atoms with E-state index in [9.17, 15) is 9.59 Å². The Morgan fingerprint density at radius 2 is 2.00 bits per heavy atom. The van der Waals surface area contributed by atoms with Crippen LogP contribution in [-0.2, 0) is 7.05 Å². The molecule has 0 saturated carbocycles. The standard InChI is InChI=1S/C18H14ClN7O3/c1-25-18(22-23-24-25)21-16(27)15-17(28)26(13-6-4-3-5-12(13)20-15)10-7-8-14(29-2)11(19)9-10/h3-9H,1-2H3,(H,21,22,24,27). The number of carbonyl (C=O) groups excluding carboxylic acids is 1. The molecule has 29 heavy (non-hydrogen) atoms. The Morgan fingerprint density at radius 3 is 2.69 bits per heavy atom. The number of benzene rings is 2. The number of ether oxygens (including phenoxy) is 1. The Morgan fingerprint density at radius 1 is 1.21 bits per heavy atom. The van der Waals surface area contributed by atoms with Crippen molar-refractivity contribution in [1.82, 2.24) is 29.8 Å². The summed E-state index contributed by atoms with van der Waals surface area (Å²) < 4.78 is 7.81. The molecule has 2 aromatic carbocycles. The second kappa shape index (κ2) is 7.32. The molecule has 0 atom stereocenters. The fourth-order valence-electron chi connectivity index (χ4n) is 2.83. The van der Waals surface area contributed by atoms with Crippen LogP contribution in [0.25, 0.3) is 16.7 Å². The lowest BCUT2D eigenvalue weighted by Crippen LogP contribution is -2.31. The molecule has 2 aromatic heterocycles. The van der Waals surface area contributed by atoms with E-state index in [2.05, 4.69) is 25.8 Å². The number of para-hydroxylation sites is 2. The number of fused-ring (bicyclic) bond motifs is 1. The molecule has 0 aliphatic heterocycles. The Labute approximate surface area is 168 Å². The highest BCUT2D eigenvalue weighted by Crippen LogP contribution is 2.27. The highest BCUT2D eigenvalue weighted by atomic mass is 35.5. The molecule has 146 valence electrons. The summed E-state index contributed by atoms with van der Waals surface area (Å²) >= 11 is 6.24. The van der Waals surface area contributed by atoms with Gasteiger partial charge >= 0.3 is 0 Å². The van der Waals surface area contributed by atoms with Crippen LogP contribution in [0.5, 0.6) is 5.75 Å². The summed E-state index contributed by atoms with van der Waals surface area (Å²) in [6, 6.07) is 11.9. The predicted molar refractivity (Wildman–Crippen MR) is 106 cm³/mol. The summed E-state index contributed by atoms with van der Waals surface area (Å²) in [6.07, 6.45) is 0. The Balaban J connectivity index is 1.91. The third-order valence-corrected chi connectivity index (χ3v) is 4.51. The number of anilines is 1. The van der Waals surface area contributed by atoms with Crippen LogP contribution in [0.15, 0.2) is 47.3 Å². The van der Waals surface area contributed by atoms with Crippen molar-refractivity contribution in [3.05, 3.63) is 63.5 Å². The number of rotatable bonds is 4. The first-order valence-electron chi connectivity index (χ1n) is 8.39. The number of tetrazole rings is 1.